The van der Waals surface area contributed by atoms with Crippen molar-refractivity contribution in [1.29, 1.82) is 0 Å². The SMILES string of the molecule is CCN(C[C@@]12CC[C@@H](c3cc(-c4c(F)cccc4F)nnc31)C2(C)C)c1nnc(C(F)(F)F)o1. The summed E-state index contributed by atoms with van der Waals surface area (Å²) in [4.78, 5) is 1.62. The quantitative estimate of drug-likeness (QED) is 0.450. The van der Waals surface area contributed by atoms with Crippen LogP contribution in [-0.4, -0.2) is 33.5 Å². The largest absolute Gasteiger partial charge is 0.470 e. The van der Waals surface area contributed by atoms with Gasteiger partial charge in [-0.15, -0.1) is 5.10 Å². The van der Waals surface area contributed by atoms with Crippen LogP contribution in [-0.2, 0) is 11.6 Å². The van der Waals surface area contributed by atoms with Gasteiger partial charge in [-0.05, 0) is 54.9 Å². The lowest BCUT2D eigenvalue weighted by Gasteiger charge is -2.40. The van der Waals surface area contributed by atoms with Crippen molar-refractivity contribution in [2.75, 3.05) is 18.0 Å². The van der Waals surface area contributed by atoms with Gasteiger partial charge in [-0.3, -0.25) is 0 Å². The fourth-order valence-corrected chi connectivity index (χ4v) is 5.74. The zero-order valence-corrected chi connectivity index (χ0v) is 18.7. The Hall–Kier alpha value is -3.11. The van der Waals surface area contributed by atoms with Gasteiger partial charge in [0.05, 0.1) is 17.0 Å². The lowest BCUT2D eigenvalue weighted by molar-refractivity contribution is -0.157. The first-order chi connectivity index (χ1) is 16.0. The zero-order valence-electron chi connectivity index (χ0n) is 18.7. The Kier molecular flexibility index (Phi) is 4.96. The molecule has 6 nitrogen and oxygen atoms in total. The highest BCUT2D eigenvalue weighted by molar-refractivity contribution is 5.63. The second-order valence-corrected chi connectivity index (χ2v) is 9.43. The Morgan fingerprint density at radius 2 is 1.79 bits per heavy atom. The number of nitrogens with zero attached hydrogens (tertiary/aromatic N) is 5. The molecule has 2 aliphatic carbocycles. The number of aromatic nitrogens is 4. The second kappa shape index (κ2) is 7.44. The van der Waals surface area contributed by atoms with Gasteiger partial charge in [0.15, 0.2) is 0 Å². The van der Waals surface area contributed by atoms with Gasteiger partial charge < -0.3 is 9.32 Å². The molecular weight excluding hydrogens is 457 g/mol. The van der Waals surface area contributed by atoms with Crippen molar-refractivity contribution in [2.45, 2.75) is 51.1 Å². The molecule has 11 heteroatoms. The minimum absolute atomic E-state index is 0.0544. The normalized spacial score (nSPS) is 22.8. The molecule has 2 heterocycles. The van der Waals surface area contributed by atoms with Crippen LogP contribution in [0.2, 0.25) is 0 Å². The van der Waals surface area contributed by atoms with Gasteiger partial charge in [-0.2, -0.15) is 23.4 Å². The maximum atomic E-state index is 14.4. The predicted molar refractivity (Wildman–Crippen MR) is 112 cm³/mol. The van der Waals surface area contributed by atoms with Gasteiger partial charge in [-0.1, -0.05) is 25.0 Å². The molecule has 2 aliphatic rings. The molecule has 180 valence electrons. The Labute approximate surface area is 192 Å². The molecule has 0 N–H and O–H groups in total. The Balaban J connectivity index is 1.56. The summed E-state index contributed by atoms with van der Waals surface area (Å²) >= 11 is 0. The summed E-state index contributed by atoms with van der Waals surface area (Å²) in [5.74, 6) is -2.79. The summed E-state index contributed by atoms with van der Waals surface area (Å²) in [6, 6.07) is 5.11. The van der Waals surface area contributed by atoms with Crippen LogP contribution in [0.25, 0.3) is 11.3 Å². The second-order valence-electron chi connectivity index (χ2n) is 9.43. The Morgan fingerprint density at radius 1 is 1.09 bits per heavy atom. The number of rotatable bonds is 5. The van der Waals surface area contributed by atoms with Crippen LogP contribution in [0, 0.1) is 17.0 Å². The molecule has 0 aliphatic heterocycles. The van der Waals surface area contributed by atoms with E-state index in [-0.39, 0.29) is 28.6 Å². The van der Waals surface area contributed by atoms with Crippen molar-refractivity contribution in [2.24, 2.45) is 5.41 Å². The van der Waals surface area contributed by atoms with Crippen LogP contribution in [0.5, 0.6) is 0 Å². The van der Waals surface area contributed by atoms with Crippen molar-refractivity contribution in [1.82, 2.24) is 20.4 Å². The Bertz CT molecular complexity index is 1240. The number of alkyl halides is 3. The topological polar surface area (TPSA) is 67.9 Å². The average molecular weight is 479 g/mol. The van der Waals surface area contributed by atoms with Crippen LogP contribution < -0.4 is 4.90 Å². The highest BCUT2D eigenvalue weighted by Crippen LogP contribution is 2.67. The molecule has 0 saturated heterocycles. The van der Waals surface area contributed by atoms with Gasteiger partial charge in [0.2, 0.25) is 0 Å². The molecule has 1 saturated carbocycles. The van der Waals surface area contributed by atoms with Crippen molar-refractivity contribution < 1.29 is 26.4 Å². The number of halogens is 5. The van der Waals surface area contributed by atoms with Crippen molar-refractivity contribution >= 4 is 6.01 Å². The zero-order chi connectivity index (χ0) is 24.5. The summed E-state index contributed by atoms with van der Waals surface area (Å²) < 4.78 is 72.7. The van der Waals surface area contributed by atoms with Crippen LogP contribution in [0.3, 0.4) is 0 Å². The molecule has 0 spiro atoms. The molecule has 5 rings (SSSR count). The van der Waals surface area contributed by atoms with Crippen LogP contribution in [0.15, 0.2) is 28.7 Å². The number of hydrogen-bond donors (Lipinski definition) is 0. The maximum absolute atomic E-state index is 14.4. The molecule has 2 aromatic heterocycles. The minimum atomic E-state index is -4.73. The van der Waals surface area contributed by atoms with Gasteiger partial charge in [0.1, 0.15) is 11.6 Å². The first-order valence-electron chi connectivity index (χ1n) is 11.0. The highest BCUT2D eigenvalue weighted by Gasteiger charge is 2.64. The smallest absolute Gasteiger partial charge is 0.399 e. The van der Waals surface area contributed by atoms with Gasteiger partial charge in [0, 0.05) is 18.5 Å². The summed E-state index contributed by atoms with van der Waals surface area (Å²) in [5.41, 5.74) is 0.552. The summed E-state index contributed by atoms with van der Waals surface area (Å²) in [7, 11) is 0. The van der Waals surface area contributed by atoms with E-state index < -0.39 is 29.1 Å². The molecule has 0 radical (unpaired) electrons. The van der Waals surface area contributed by atoms with Gasteiger partial charge in [0.25, 0.3) is 0 Å². The molecule has 3 aromatic rings. The summed E-state index contributed by atoms with van der Waals surface area (Å²) in [6.45, 7) is 6.58. The lowest BCUT2D eigenvalue weighted by atomic mass is 9.68. The van der Waals surface area contributed by atoms with Crippen molar-refractivity contribution in [3.63, 3.8) is 0 Å². The number of likely N-dealkylation sites (N-methyl/N-ethyl adjacent to an activating group) is 1. The standard InChI is InChI=1S/C23H22F5N5O/c1-4-33(20-32-31-19(34-20)23(26,27)28)11-22-9-8-13(21(22,2)3)12-10-16(29-30-18(12)22)17-14(24)6-5-7-15(17)25/h5-7,10,13H,4,8-9,11H2,1-3H3/t13-,22-/m0/s1. The first kappa shape index (κ1) is 22.7. The van der Waals surface area contributed by atoms with Crippen molar-refractivity contribution in [3.05, 3.63) is 53.0 Å². The molecule has 2 atom stereocenters. The molecular formula is C23H22F5N5O. The fraction of sp³-hybridized carbons (Fsp3) is 0.478. The summed E-state index contributed by atoms with van der Waals surface area (Å²) in [5, 5.41) is 15.4. The van der Waals surface area contributed by atoms with Gasteiger partial charge in [-0.25, -0.2) is 8.78 Å². The van der Waals surface area contributed by atoms with Crippen LogP contribution >= 0.6 is 0 Å². The van der Waals surface area contributed by atoms with Crippen molar-refractivity contribution in [3.8, 4) is 11.3 Å². The highest BCUT2D eigenvalue weighted by atomic mass is 19.4. The van der Waals surface area contributed by atoms with Gasteiger partial charge >= 0.3 is 18.1 Å². The number of benzene rings is 1. The van der Waals surface area contributed by atoms with E-state index in [0.717, 1.165) is 18.4 Å². The third-order valence-electron chi connectivity index (χ3n) is 7.61. The van der Waals surface area contributed by atoms with E-state index in [9.17, 15) is 22.0 Å². The van der Waals surface area contributed by atoms with E-state index in [1.807, 2.05) is 0 Å². The molecule has 1 aromatic carbocycles. The molecule has 2 bridgehead atoms. The third kappa shape index (κ3) is 3.12. The van der Waals surface area contributed by atoms with E-state index >= 15 is 0 Å². The van der Waals surface area contributed by atoms with E-state index in [0.29, 0.717) is 18.8 Å². The van der Waals surface area contributed by atoms with E-state index in [4.69, 9.17) is 4.42 Å². The molecule has 34 heavy (non-hydrogen) atoms. The van der Waals surface area contributed by atoms with Crippen LogP contribution in [0.1, 0.15) is 56.7 Å². The molecule has 1 fully saturated rings. The Morgan fingerprint density at radius 3 is 2.41 bits per heavy atom. The molecule has 0 unspecified atom stereocenters. The first-order valence-corrected chi connectivity index (χ1v) is 11.0. The van der Waals surface area contributed by atoms with Crippen LogP contribution in [0.4, 0.5) is 28.0 Å². The summed E-state index contributed by atoms with van der Waals surface area (Å²) in [6.07, 6.45) is -3.19. The maximum Gasteiger partial charge on any atom is 0.470 e. The third-order valence-corrected chi connectivity index (χ3v) is 7.61. The number of hydrogen-bond acceptors (Lipinski definition) is 6. The number of anilines is 1. The minimum Gasteiger partial charge on any atom is -0.399 e. The molecule has 0 amide bonds. The predicted octanol–water partition coefficient (Wildman–Crippen LogP) is 5.51. The number of fused-ring (bicyclic) bond motifs is 5. The van der Waals surface area contributed by atoms with E-state index in [1.54, 1.807) is 17.9 Å². The average Bonchev–Trinajstić information content (AvgIpc) is 3.40. The fourth-order valence-electron chi connectivity index (χ4n) is 5.74. The monoisotopic (exact) mass is 479 g/mol. The van der Waals surface area contributed by atoms with E-state index in [2.05, 4.69) is 34.2 Å². The van der Waals surface area contributed by atoms with E-state index in [1.165, 1.54) is 18.2 Å². The lowest BCUT2D eigenvalue weighted by Crippen LogP contribution is -2.46.